The van der Waals surface area contributed by atoms with E-state index in [9.17, 15) is 4.79 Å². The Labute approximate surface area is 99.2 Å². The van der Waals surface area contributed by atoms with Gasteiger partial charge in [-0.25, -0.2) is 0 Å². The standard InChI is InChI=1S/C12H16BrNO/c1-3-5-9(2)12(15)14-11-7-4-6-10(13)8-11/h4,6-9H,3,5H2,1-2H3,(H,14,15)/t9-/m0/s1. The first-order valence-electron chi connectivity index (χ1n) is 5.20. The van der Waals surface area contributed by atoms with Gasteiger partial charge in [-0.2, -0.15) is 0 Å². The largest absolute Gasteiger partial charge is 0.326 e. The van der Waals surface area contributed by atoms with Gasteiger partial charge in [-0.15, -0.1) is 0 Å². The Kier molecular flexibility index (Phi) is 4.82. The van der Waals surface area contributed by atoms with Crippen LogP contribution in [0.5, 0.6) is 0 Å². The summed E-state index contributed by atoms with van der Waals surface area (Å²) in [5.74, 6) is 0.170. The maximum absolute atomic E-state index is 11.7. The fourth-order valence-corrected chi connectivity index (χ4v) is 1.80. The van der Waals surface area contributed by atoms with Crippen LogP contribution >= 0.6 is 15.9 Å². The third-order valence-electron chi connectivity index (χ3n) is 2.26. The molecule has 82 valence electrons. The molecule has 0 aliphatic rings. The van der Waals surface area contributed by atoms with E-state index in [1.54, 1.807) is 0 Å². The molecule has 1 amide bonds. The molecule has 0 aliphatic carbocycles. The molecule has 0 heterocycles. The summed E-state index contributed by atoms with van der Waals surface area (Å²) in [6, 6.07) is 7.63. The summed E-state index contributed by atoms with van der Waals surface area (Å²) in [6.45, 7) is 4.04. The molecule has 0 bridgehead atoms. The van der Waals surface area contributed by atoms with Crippen molar-refractivity contribution in [1.29, 1.82) is 0 Å². The molecular weight excluding hydrogens is 254 g/mol. The molecule has 1 aromatic carbocycles. The van der Waals surface area contributed by atoms with Gasteiger partial charge in [0, 0.05) is 16.1 Å². The fraction of sp³-hybridized carbons (Fsp3) is 0.417. The number of amides is 1. The quantitative estimate of drug-likeness (QED) is 0.885. The van der Waals surface area contributed by atoms with Gasteiger partial charge in [-0.3, -0.25) is 4.79 Å². The first kappa shape index (κ1) is 12.2. The van der Waals surface area contributed by atoms with Gasteiger partial charge in [-0.1, -0.05) is 42.3 Å². The minimum absolute atomic E-state index is 0.0778. The molecule has 0 aromatic heterocycles. The zero-order valence-electron chi connectivity index (χ0n) is 9.09. The average molecular weight is 270 g/mol. The molecule has 1 rings (SSSR count). The fourth-order valence-electron chi connectivity index (χ4n) is 1.40. The van der Waals surface area contributed by atoms with E-state index in [1.165, 1.54) is 0 Å². The minimum atomic E-state index is 0.0778. The lowest BCUT2D eigenvalue weighted by atomic mass is 10.1. The number of benzene rings is 1. The van der Waals surface area contributed by atoms with Crippen molar-refractivity contribution in [3.8, 4) is 0 Å². The second-order valence-corrected chi connectivity index (χ2v) is 4.60. The van der Waals surface area contributed by atoms with Crippen molar-refractivity contribution in [3.05, 3.63) is 28.7 Å². The molecule has 0 fully saturated rings. The van der Waals surface area contributed by atoms with E-state index in [2.05, 4.69) is 28.2 Å². The molecule has 0 spiro atoms. The number of anilines is 1. The Balaban J connectivity index is 2.58. The van der Waals surface area contributed by atoms with Gasteiger partial charge in [-0.05, 0) is 24.6 Å². The van der Waals surface area contributed by atoms with Crippen molar-refractivity contribution in [2.24, 2.45) is 5.92 Å². The smallest absolute Gasteiger partial charge is 0.227 e. The number of carbonyl (C=O) groups excluding carboxylic acids is 1. The molecule has 0 radical (unpaired) electrons. The van der Waals surface area contributed by atoms with Crippen molar-refractivity contribution in [2.75, 3.05) is 5.32 Å². The third kappa shape index (κ3) is 4.04. The predicted octanol–water partition coefficient (Wildman–Crippen LogP) is 3.82. The van der Waals surface area contributed by atoms with Gasteiger partial charge in [0.05, 0.1) is 0 Å². The predicted molar refractivity (Wildman–Crippen MR) is 66.8 cm³/mol. The maximum atomic E-state index is 11.7. The number of nitrogens with one attached hydrogen (secondary N) is 1. The molecule has 15 heavy (non-hydrogen) atoms. The van der Waals surface area contributed by atoms with Gasteiger partial charge in [0.2, 0.25) is 5.91 Å². The number of halogens is 1. The minimum Gasteiger partial charge on any atom is -0.326 e. The number of carbonyl (C=O) groups is 1. The average Bonchev–Trinajstić information content (AvgIpc) is 2.18. The zero-order chi connectivity index (χ0) is 11.3. The molecule has 1 aromatic rings. The van der Waals surface area contributed by atoms with E-state index in [0.29, 0.717) is 0 Å². The van der Waals surface area contributed by atoms with Crippen LogP contribution in [0.1, 0.15) is 26.7 Å². The van der Waals surface area contributed by atoms with Crippen LogP contribution < -0.4 is 5.32 Å². The van der Waals surface area contributed by atoms with E-state index in [4.69, 9.17) is 0 Å². The Morgan fingerprint density at radius 1 is 1.53 bits per heavy atom. The normalized spacial score (nSPS) is 12.2. The first-order chi connectivity index (χ1) is 7.13. The summed E-state index contributed by atoms with van der Waals surface area (Å²) in [6.07, 6.45) is 1.97. The lowest BCUT2D eigenvalue weighted by Gasteiger charge is -2.11. The summed E-state index contributed by atoms with van der Waals surface area (Å²) in [4.78, 5) is 11.7. The van der Waals surface area contributed by atoms with Gasteiger partial charge < -0.3 is 5.32 Å². The van der Waals surface area contributed by atoms with Gasteiger partial charge >= 0.3 is 0 Å². The van der Waals surface area contributed by atoms with Crippen molar-refractivity contribution in [1.82, 2.24) is 0 Å². The highest BCUT2D eigenvalue weighted by atomic mass is 79.9. The molecule has 0 saturated carbocycles. The molecule has 1 N–H and O–H groups in total. The third-order valence-corrected chi connectivity index (χ3v) is 2.75. The van der Waals surface area contributed by atoms with Crippen LogP contribution in [-0.4, -0.2) is 5.91 Å². The summed E-state index contributed by atoms with van der Waals surface area (Å²) in [7, 11) is 0. The molecule has 0 unspecified atom stereocenters. The SMILES string of the molecule is CCC[C@H](C)C(=O)Nc1cccc(Br)c1. The van der Waals surface area contributed by atoms with E-state index >= 15 is 0 Å². The highest BCUT2D eigenvalue weighted by Gasteiger charge is 2.11. The number of rotatable bonds is 4. The molecular formula is C12H16BrNO. The van der Waals surface area contributed by atoms with Crippen LogP contribution in [-0.2, 0) is 4.79 Å². The second kappa shape index (κ2) is 5.91. The van der Waals surface area contributed by atoms with Crippen LogP contribution in [0.2, 0.25) is 0 Å². The van der Waals surface area contributed by atoms with E-state index in [0.717, 1.165) is 23.0 Å². The molecule has 1 atom stereocenters. The first-order valence-corrected chi connectivity index (χ1v) is 5.99. The maximum Gasteiger partial charge on any atom is 0.227 e. The Bertz CT molecular complexity index is 338. The summed E-state index contributed by atoms with van der Waals surface area (Å²) in [5, 5.41) is 2.90. The van der Waals surface area contributed by atoms with E-state index in [1.807, 2.05) is 31.2 Å². The molecule has 3 heteroatoms. The highest BCUT2D eigenvalue weighted by molar-refractivity contribution is 9.10. The van der Waals surface area contributed by atoms with Crippen molar-refractivity contribution in [2.45, 2.75) is 26.7 Å². The Morgan fingerprint density at radius 3 is 2.87 bits per heavy atom. The summed E-state index contributed by atoms with van der Waals surface area (Å²) >= 11 is 3.37. The van der Waals surface area contributed by atoms with Gasteiger partial charge in [0.1, 0.15) is 0 Å². The molecule has 0 aliphatic heterocycles. The van der Waals surface area contributed by atoms with Gasteiger partial charge in [0.25, 0.3) is 0 Å². The van der Waals surface area contributed by atoms with E-state index in [-0.39, 0.29) is 11.8 Å². The van der Waals surface area contributed by atoms with E-state index < -0.39 is 0 Å². The van der Waals surface area contributed by atoms with Crippen LogP contribution in [0.3, 0.4) is 0 Å². The van der Waals surface area contributed by atoms with Crippen LogP contribution in [0.4, 0.5) is 5.69 Å². The van der Waals surface area contributed by atoms with Gasteiger partial charge in [0.15, 0.2) is 0 Å². The Hall–Kier alpha value is -0.830. The number of hydrogen-bond donors (Lipinski definition) is 1. The zero-order valence-corrected chi connectivity index (χ0v) is 10.7. The number of hydrogen-bond acceptors (Lipinski definition) is 1. The molecule has 0 saturated heterocycles. The lowest BCUT2D eigenvalue weighted by molar-refractivity contribution is -0.119. The van der Waals surface area contributed by atoms with Crippen LogP contribution in [0, 0.1) is 5.92 Å². The summed E-state index contributed by atoms with van der Waals surface area (Å²) in [5.41, 5.74) is 0.845. The molecule has 2 nitrogen and oxygen atoms in total. The second-order valence-electron chi connectivity index (χ2n) is 3.69. The summed E-state index contributed by atoms with van der Waals surface area (Å²) < 4.78 is 0.975. The Morgan fingerprint density at radius 2 is 2.27 bits per heavy atom. The van der Waals surface area contributed by atoms with Crippen molar-refractivity contribution < 1.29 is 4.79 Å². The van der Waals surface area contributed by atoms with Crippen molar-refractivity contribution in [3.63, 3.8) is 0 Å². The topological polar surface area (TPSA) is 29.1 Å². The lowest BCUT2D eigenvalue weighted by Crippen LogP contribution is -2.20. The van der Waals surface area contributed by atoms with Crippen LogP contribution in [0.25, 0.3) is 0 Å². The highest BCUT2D eigenvalue weighted by Crippen LogP contribution is 2.17. The van der Waals surface area contributed by atoms with Crippen LogP contribution in [0.15, 0.2) is 28.7 Å². The monoisotopic (exact) mass is 269 g/mol. The van der Waals surface area contributed by atoms with Crippen molar-refractivity contribution >= 4 is 27.5 Å².